The van der Waals surface area contributed by atoms with Crippen LogP contribution < -0.4 is 0 Å². The Morgan fingerprint density at radius 2 is 1.00 bits per heavy atom. The summed E-state index contributed by atoms with van der Waals surface area (Å²) in [6, 6.07) is 59.3. The third-order valence-electron chi connectivity index (χ3n) is 11.2. The van der Waals surface area contributed by atoms with Gasteiger partial charge in [0.15, 0.2) is 5.58 Å². The van der Waals surface area contributed by atoms with Gasteiger partial charge in [-0.15, -0.1) is 0 Å². The van der Waals surface area contributed by atoms with E-state index in [-0.39, 0.29) is 0 Å². The van der Waals surface area contributed by atoms with Crippen LogP contribution in [0.5, 0.6) is 0 Å². The minimum Gasteiger partial charge on any atom is -0.456 e. The molecule has 5 heteroatoms. The summed E-state index contributed by atoms with van der Waals surface area (Å²) in [6.07, 6.45) is 0. The third-order valence-corrected chi connectivity index (χ3v) is 11.2. The molecule has 12 aromatic rings. The van der Waals surface area contributed by atoms with Crippen LogP contribution in [0.3, 0.4) is 0 Å². The molecular formula is C49H27N3O2. The molecule has 0 saturated heterocycles. The molecule has 0 saturated carbocycles. The Morgan fingerprint density at radius 3 is 1.80 bits per heavy atom. The lowest BCUT2D eigenvalue weighted by molar-refractivity contribution is 0.669. The van der Waals surface area contributed by atoms with Crippen LogP contribution in [0.25, 0.3) is 110 Å². The number of hydrogen-bond acceptors (Lipinski definition) is 3. The topological polar surface area (TPSA) is 59.9 Å². The van der Waals surface area contributed by atoms with Crippen molar-refractivity contribution in [2.75, 3.05) is 0 Å². The number of aromatic nitrogens is 2. The van der Waals surface area contributed by atoms with Crippen molar-refractivity contribution in [3.63, 3.8) is 0 Å². The van der Waals surface area contributed by atoms with Crippen LogP contribution in [0.4, 0.5) is 0 Å². The number of furan rings is 2. The number of rotatable bonds is 3. The van der Waals surface area contributed by atoms with Crippen LogP contribution in [-0.4, -0.2) is 9.13 Å². The predicted octanol–water partition coefficient (Wildman–Crippen LogP) is 13.2. The molecule has 0 amide bonds. The second kappa shape index (κ2) is 10.7. The largest absolute Gasteiger partial charge is 0.456 e. The SMILES string of the molecule is N#Cc1cccc(-c2ccccc2-n2c3ccccc3c3ccc4oc5ccccc5c4c32)c1-n1c2ccccc2c2ccc3c4ccccc4oc3c21. The second-order valence-corrected chi connectivity index (χ2v) is 13.9. The minimum absolute atomic E-state index is 0.573. The fourth-order valence-electron chi connectivity index (χ4n) is 8.97. The number of nitriles is 1. The van der Waals surface area contributed by atoms with E-state index in [1.54, 1.807) is 0 Å². The highest BCUT2D eigenvalue weighted by molar-refractivity contribution is 6.25. The lowest BCUT2D eigenvalue weighted by Crippen LogP contribution is -2.03. The molecule has 0 atom stereocenters. The van der Waals surface area contributed by atoms with Gasteiger partial charge in [-0.3, -0.25) is 0 Å². The van der Waals surface area contributed by atoms with Crippen molar-refractivity contribution in [1.82, 2.24) is 9.13 Å². The van der Waals surface area contributed by atoms with Crippen LogP contribution in [0.15, 0.2) is 173 Å². The first kappa shape index (κ1) is 29.1. The summed E-state index contributed by atoms with van der Waals surface area (Å²) in [5, 5.41) is 19.6. The molecule has 0 bridgehead atoms. The van der Waals surface area contributed by atoms with Crippen LogP contribution in [0.2, 0.25) is 0 Å². The van der Waals surface area contributed by atoms with Gasteiger partial charge in [0.25, 0.3) is 0 Å². The first-order chi connectivity index (χ1) is 26.8. The molecule has 0 spiro atoms. The highest BCUT2D eigenvalue weighted by Crippen LogP contribution is 2.46. The molecule has 0 N–H and O–H groups in total. The lowest BCUT2D eigenvalue weighted by atomic mass is 9.97. The molecular weight excluding hydrogens is 663 g/mol. The molecule has 0 aliphatic carbocycles. The third kappa shape index (κ3) is 3.76. The fraction of sp³-hybridized carbons (Fsp3) is 0. The van der Waals surface area contributed by atoms with Crippen LogP contribution in [-0.2, 0) is 0 Å². The molecule has 0 unspecified atom stereocenters. The highest BCUT2D eigenvalue weighted by atomic mass is 16.3. The van der Waals surface area contributed by atoms with E-state index in [0.717, 1.165) is 110 Å². The maximum absolute atomic E-state index is 10.9. The van der Waals surface area contributed by atoms with Gasteiger partial charge in [0.2, 0.25) is 0 Å². The van der Waals surface area contributed by atoms with Gasteiger partial charge in [0, 0.05) is 48.8 Å². The molecule has 12 rings (SSSR count). The Kier molecular flexibility index (Phi) is 5.78. The van der Waals surface area contributed by atoms with E-state index in [4.69, 9.17) is 8.83 Å². The van der Waals surface area contributed by atoms with Crippen molar-refractivity contribution in [1.29, 1.82) is 5.26 Å². The van der Waals surface area contributed by atoms with Crippen LogP contribution in [0, 0.1) is 11.3 Å². The summed E-state index contributed by atoms with van der Waals surface area (Å²) in [7, 11) is 0. The van der Waals surface area contributed by atoms with E-state index in [0.29, 0.717) is 5.56 Å². The molecule has 4 aromatic heterocycles. The summed E-state index contributed by atoms with van der Waals surface area (Å²) in [5.41, 5.74) is 11.8. The Bertz CT molecular complexity index is 3590. The zero-order valence-corrected chi connectivity index (χ0v) is 28.7. The van der Waals surface area contributed by atoms with E-state index in [2.05, 4.69) is 137 Å². The summed E-state index contributed by atoms with van der Waals surface area (Å²) >= 11 is 0. The number of benzene rings is 8. The number of para-hydroxylation sites is 6. The number of fused-ring (bicyclic) bond motifs is 14. The van der Waals surface area contributed by atoms with Crippen molar-refractivity contribution in [2.24, 2.45) is 0 Å². The monoisotopic (exact) mass is 689 g/mol. The molecule has 0 aliphatic heterocycles. The average Bonchev–Trinajstić information content (AvgIpc) is 3.98. The first-order valence-corrected chi connectivity index (χ1v) is 18.1. The van der Waals surface area contributed by atoms with Crippen molar-refractivity contribution >= 4 is 87.5 Å². The molecule has 5 nitrogen and oxygen atoms in total. The molecule has 0 fully saturated rings. The quantitative estimate of drug-likeness (QED) is 0.185. The second-order valence-electron chi connectivity index (χ2n) is 13.9. The Balaban J connectivity index is 1.24. The molecule has 54 heavy (non-hydrogen) atoms. The van der Waals surface area contributed by atoms with Crippen LogP contribution in [0.1, 0.15) is 5.56 Å². The van der Waals surface area contributed by atoms with E-state index >= 15 is 0 Å². The highest BCUT2D eigenvalue weighted by Gasteiger charge is 2.25. The molecule has 250 valence electrons. The predicted molar refractivity (Wildman–Crippen MR) is 220 cm³/mol. The van der Waals surface area contributed by atoms with Crippen molar-refractivity contribution < 1.29 is 8.83 Å². The number of nitrogens with zero attached hydrogens (tertiary/aromatic N) is 3. The van der Waals surface area contributed by atoms with Crippen molar-refractivity contribution in [3.8, 4) is 28.6 Å². The van der Waals surface area contributed by atoms with Gasteiger partial charge < -0.3 is 18.0 Å². The zero-order valence-electron chi connectivity index (χ0n) is 28.7. The Labute approximate surface area is 307 Å². The lowest BCUT2D eigenvalue weighted by Gasteiger charge is -2.19. The number of hydrogen-bond donors (Lipinski definition) is 0. The first-order valence-electron chi connectivity index (χ1n) is 18.1. The zero-order chi connectivity index (χ0) is 35.5. The molecule has 4 heterocycles. The van der Waals surface area contributed by atoms with Gasteiger partial charge in [-0.25, -0.2) is 0 Å². The smallest absolute Gasteiger partial charge is 0.160 e. The van der Waals surface area contributed by atoms with Gasteiger partial charge in [-0.1, -0.05) is 109 Å². The standard InChI is InChI=1S/C49H27N3O2/c50-28-29-12-11-18-34(46(29)52-41-21-8-3-15-32(41)36-24-25-37-33-16-4-9-22-42(33)54-49(37)48(36)52)30-13-1-6-19-39(30)51-40-20-7-2-14-31(40)35-26-27-44-45(47(35)51)38-17-5-10-23-43(38)53-44/h1-27H. The van der Waals surface area contributed by atoms with E-state index in [1.807, 2.05) is 42.5 Å². The normalized spacial score (nSPS) is 12.1. The molecule has 0 aliphatic rings. The van der Waals surface area contributed by atoms with Gasteiger partial charge in [-0.2, -0.15) is 5.26 Å². The van der Waals surface area contributed by atoms with Crippen molar-refractivity contribution in [3.05, 3.63) is 169 Å². The maximum Gasteiger partial charge on any atom is 0.160 e. The van der Waals surface area contributed by atoms with Gasteiger partial charge in [0.1, 0.15) is 22.8 Å². The van der Waals surface area contributed by atoms with Crippen LogP contribution >= 0.6 is 0 Å². The summed E-state index contributed by atoms with van der Waals surface area (Å²) in [6.45, 7) is 0. The Hall–Kier alpha value is -7.55. The van der Waals surface area contributed by atoms with Gasteiger partial charge in [-0.05, 0) is 54.6 Å². The average molecular weight is 690 g/mol. The van der Waals surface area contributed by atoms with E-state index in [1.165, 1.54) is 0 Å². The van der Waals surface area contributed by atoms with E-state index in [9.17, 15) is 5.26 Å². The summed E-state index contributed by atoms with van der Waals surface area (Å²) in [4.78, 5) is 0. The van der Waals surface area contributed by atoms with E-state index < -0.39 is 0 Å². The molecule has 8 aromatic carbocycles. The summed E-state index contributed by atoms with van der Waals surface area (Å²) in [5.74, 6) is 0. The fourth-order valence-corrected chi connectivity index (χ4v) is 8.97. The van der Waals surface area contributed by atoms with Crippen molar-refractivity contribution in [2.45, 2.75) is 0 Å². The minimum atomic E-state index is 0.573. The van der Waals surface area contributed by atoms with Gasteiger partial charge >= 0.3 is 0 Å². The van der Waals surface area contributed by atoms with Gasteiger partial charge in [0.05, 0.1) is 44.4 Å². The maximum atomic E-state index is 10.9. The summed E-state index contributed by atoms with van der Waals surface area (Å²) < 4.78 is 17.8. The molecule has 0 radical (unpaired) electrons. The Morgan fingerprint density at radius 1 is 0.407 bits per heavy atom.